The Kier molecular flexibility index (Phi) is 5.41. The summed E-state index contributed by atoms with van der Waals surface area (Å²) in [5.74, 6) is 0.292. The molecule has 12 heteroatoms. The number of anilines is 1. The van der Waals surface area contributed by atoms with Gasteiger partial charge >= 0.3 is 6.18 Å². The summed E-state index contributed by atoms with van der Waals surface area (Å²) in [4.78, 5) is 24.1. The third-order valence-corrected chi connectivity index (χ3v) is 7.59. The number of likely N-dealkylation sites (tertiary alicyclic amines) is 1. The van der Waals surface area contributed by atoms with E-state index >= 15 is 0 Å². The van der Waals surface area contributed by atoms with Crippen molar-refractivity contribution in [3.8, 4) is 0 Å². The minimum Gasteiger partial charge on any atom is -0.342 e. The molecular formula is C18H24F3N5O3S. The second kappa shape index (κ2) is 7.63. The Morgan fingerprint density at radius 1 is 1.10 bits per heavy atom. The Labute approximate surface area is 173 Å². The van der Waals surface area contributed by atoms with Crippen molar-refractivity contribution >= 4 is 21.9 Å². The van der Waals surface area contributed by atoms with Crippen LogP contribution in [0, 0.1) is 17.8 Å². The number of hydrogen-bond donors (Lipinski definition) is 0. The molecule has 1 aromatic heterocycles. The van der Waals surface area contributed by atoms with Gasteiger partial charge in [-0.15, -0.1) is 0 Å². The summed E-state index contributed by atoms with van der Waals surface area (Å²) in [6.45, 7) is 2.87. The van der Waals surface area contributed by atoms with Gasteiger partial charge in [0.1, 0.15) is 5.69 Å². The van der Waals surface area contributed by atoms with E-state index in [4.69, 9.17) is 0 Å². The highest BCUT2D eigenvalue weighted by Gasteiger charge is 2.44. The van der Waals surface area contributed by atoms with E-state index in [0.29, 0.717) is 52.1 Å². The SMILES string of the molecule is CS(=O)(=O)N1CCC(C(=O)N2CC3CN(c4nccc(C(F)(F)F)n4)CC3C2)CC1. The highest BCUT2D eigenvalue weighted by Crippen LogP contribution is 2.35. The Balaban J connectivity index is 1.33. The van der Waals surface area contributed by atoms with Gasteiger partial charge in [-0.25, -0.2) is 22.7 Å². The number of aromatic nitrogens is 2. The average molecular weight is 447 g/mol. The number of sulfonamides is 1. The van der Waals surface area contributed by atoms with Crippen molar-refractivity contribution in [2.75, 3.05) is 50.4 Å². The number of carbonyl (C=O) groups excluding carboxylic acids is 1. The first-order chi connectivity index (χ1) is 14.0. The van der Waals surface area contributed by atoms with E-state index in [1.807, 2.05) is 4.90 Å². The van der Waals surface area contributed by atoms with Crippen molar-refractivity contribution in [2.45, 2.75) is 19.0 Å². The molecule has 4 rings (SSSR count). The topological polar surface area (TPSA) is 86.7 Å². The first-order valence-corrected chi connectivity index (χ1v) is 11.8. The fourth-order valence-corrected chi connectivity index (χ4v) is 5.56. The van der Waals surface area contributed by atoms with Gasteiger partial charge in [0.15, 0.2) is 0 Å². The van der Waals surface area contributed by atoms with Gasteiger partial charge in [0, 0.05) is 63.2 Å². The maximum absolute atomic E-state index is 12.9. The molecule has 0 N–H and O–H groups in total. The van der Waals surface area contributed by atoms with Crippen molar-refractivity contribution in [3.63, 3.8) is 0 Å². The van der Waals surface area contributed by atoms with Gasteiger partial charge in [-0.3, -0.25) is 4.79 Å². The molecule has 3 aliphatic heterocycles. The van der Waals surface area contributed by atoms with Crippen molar-refractivity contribution in [1.29, 1.82) is 0 Å². The average Bonchev–Trinajstić information content (AvgIpc) is 3.25. The molecule has 1 aromatic rings. The van der Waals surface area contributed by atoms with Crippen LogP contribution in [0.2, 0.25) is 0 Å². The van der Waals surface area contributed by atoms with Gasteiger partial charge in [0.25, 0.3) is 0 Å². The third-order valence-electron chi connectivity index (χ3n) is 6.29. The van der Waals surface area contributed by atoms with Gasteiger partial charge in [0.2, 0.25) is 21.9 Å². The molecule has 0 radical (unpaired) electrons. The molecule has 1 amide bonds. The Hall–Kier alpha value is -1.95. The molecule has 0 saturated carbocycles. The molecule has 30 heavy (non-hydrogen) atoms. The van der Waals surface area contributed by atoms with Crippen LogP contribution in [-0.2, 0) is 21.0 Å². The molecule has 2 atom stereocenters. The van der Waals surface area contributed by atoms with E-state index < -0.39 is 21.9 Å². The number of amides is 1. The Morgan fingerprint density at radius 2 is 1.70 bits per heavy atom. The molecule has 8 nitrogen and oxygen atoms in total. The summed E-state index contributed by atoms with van der Waals surface area (Å²) < 4.78 is 63.4. The lowest BCUT2D eigenvalue weighted by Crippen LogP contribution is -2.44. The second-order valence-corrected chi connectivity index (χ2v) is 10.3. The molecular weight excluding hydrogens is 423 g/mol. The zero-order valence-electron chi connectivity index (χ0n) is 16.5. The number of alkyl halides is 3. The summed E-state index contributed by atoms with van der Waals surface area (Å²) in [5, 5.41) is 0. The van der Waals surface area contributed by atoms with Crippen LogP contribution in [0.1, 0.15) is 18.5 Å². The minimum atomic E-state index is -4.51. The van der Waals surface area contributed by atoms with Crippen LogP contribution in [-0.4, -0.2) is 79.0 Å². The van der Waals surface area contributed by atoms with Crippen molar-refractivity contribution < 1.29 is 26.4 Å². The number of piperidine rings is 1. The van der Waals surface area contributed by atoms with Gasteiger partial charge in [-0.2, -0.15) is 13.2 Å². The van der Waals surface area contributed by atoms with Gasteiger partial charge < -0.3 is 9.80 Å². The van der Waals surface area contributed by atoms with Crippen LogP contribution in [0.25, 0.3) is 0 Å². The van der Waals surface area contributed by atoms with Crippen LogP contribution >= 0.6 is 0 Å². The number of hydrogen-bond acceptors (Lipinski definition) is 6. The summed E-state index contributed by atoms with van der Waals surface area (Å²) in [6, 6.07) is 0.857. The molecule has 3 aliphatic rings. The standard InChI is InChI=1S/C18H24F3N5O3S/c1-30(28,29)26-6-3-12(4-7-26)16(27)24-8-13-10-25(11-14(13)9-24)17-22-5-2-15(23-17)18(19,20)21/h2,5,12-14H,3-4,6-11H2,1H3. The van der Waals surface area contributed by atoms with Gasteiger partial charge in [0.05, 0.1) is 6.26 Å². The molecule has 0 spiro atoms. The number of halogens is 3. The van der Waals surface area contributed by atoms with Crippen LogP contribution in [0.3, 0.4) is 0 Å². The van der Waals surface area contributed by atoms with Crippen LogP contribution in [0.4, 0.5) is 19.1 Å². The van der Waals surface area contributed by atoms with Gasteiger partial charge in [-0.1, -0.05) is 0 Å². The minimum absolute atomic E-state index is 0.0550. The highest BCUT2D eigenvalue weighted by molar-refractivity contribution is 7.88. The number of fused-ring (bicyclic) bond motifs is 1. The second-order valence-electron chi connectivity index (χ2n) is 8.34. The molecule has 3 saturated heterocycles. The molecule has 0 aliphatic carbocycles. The van der Waals surface area contributed by atoms with Crippen LogP contribution in [0.5, 0.6) is 0 Å². The maximum atomic E-state index is 12.9. The zero-order chi connectivity index (χ0) is 21.7. The van der Waals surface area contributed by atoms with Gasteiger partial charge in [-0.05, 0) is 18.9 Å². The Bertz CT molecular complexity index is 904. The number of carbonyl (C=O) groups is 1. The molecule has 166 valence electrons. The lowest BCUT2D eigenvalue weighted by atomic mass is 9.96. The van der Waals surface area contributed by atoms with E-state index in [-0.39, 0.29) is 29.6 Å². The van der Waals surface area contributed by atoms with Crippen LogP contribution < -0.4 is 4.90 Å². The maximum Gasteiger partial charge on any atom is 0.433 e. The normalized spacial score (nSPS) is 26.3. The summed E-state index contributed by atoms with van der Waals surface area (Å²) in [7, 11) is -3.23. The first-order valence-electron chi connectivity index (χ1n) is 9.91. The van der Waals surface area contributed by atoms with Crippen molar-refractivity contribution in [2.24, 2.45) is 17.8 Å². The monoisotopic (exact) mass is 447 g/mol. The van der Waals surface area contributed by atoms with Crippen molar-refractivity contribution in [3.05, 3.63) is 18.0 Å². The number of rotatable bonds is 3. The first kappa shape index (κ1) is 21.3. The summed E-state index contributed by atoms with van der Waals surface area (Å²) in [5.41, 5.74) is -0.957. The summed E-state index contributed by atoms with van der Waals surface area (Å²) >= 11 is 0. The predicted molar refractivity (Wildman–Crippen MR) is 102 cm³/mol. The fraction of sp³-hybridized carbons (Fsp3) is 0.722. The van der Waals surface area contributed by atoms with E-state index in [2.05, 4.69) is 9.97 Å². The smallest absolute Gasteiger partial charge is 0.342 e. The molecule has 0 bridgehead atoms. The van der Waals surface area contributed by atoms with E-state index in [1.165, 1.54) is 10.6 Å². The summed E-state index contributed by atoms with van der Waals surface area (Å²) in [6.07, 6.45) is -1.18. The molecule has 3 fully saturated rings. The van der Waals surface area contributed by atoms with Crippen molar-refractivity contribution in [1.82, 2.24) is 19.2 Å². The molecule has 4 heterocycles. The highest BCUT2D eigenvalue weighted by atomic mass is 32.2. The lowest BCUT2D eigenvalue weighted by Gasteiger charge is -2.32. The largest absolute Gasteiger partial charge is 0.433 e. The van der Waals surface area contributed by atoms with E-state index in [9.17, 15) is 26.4 Å². The molecule has 0 aromatic carbocycles. The quantitative estimate of drug-likeness (QED) is 0.689. The van der Waals surface area contributed by atoms with E-state index in [0.717, 1.165) is 12.3 Å². The lowest BCUT2D eigenvalue weighted by molar-refractivity contribution is -0.141. The third kappa shape index (κ3) is 4.25. The Morgan fingerprint density at radius 3 is 2.23 bits per heavy atom. The van der Waals surface area contributed by atoms with E-state index in [1.54, 1.807) is 4.90 Å². The number of nitrogens with zero attached hydrogens (tertiary/aromatic N) is 5. The molecule has 2 unspecified atom stereocenters. The fourth-order valence-electron chi connectivity index (χ4n) is 4.69. The predicted octanol–water partition coefficient (Wildman–Crippen LogP) is 1.06. The van der Waals surface area contributed by atoms with Crippen LogP contribution in [0.15, 0.2) is 12.3 Å². The zero-order valence-corrected chi connectivity index (χ0v) is 17.4.